The van der Waals surface area contributed by atoms with Gasteiger partial charge in [0.15, 0.2) is 0 Å². The third kappa shape index (κ3) is 4.17. The maximum Gasteiger partial charge on any atom is 0.254 e. The minimum atomic E-state index is -0.534. The highest BCUT2D eigenvalue weighted by Gasteiger charge is 2.22. The lowest BCUT2D eigenvalue weighted by molar-refractivity contribution is -0.128. The van der Waals surface area contributed by atoms with Crippen molar-refractivity contribution in [3.8, 4) is 5.75 Å². The molecule has 0 radical (unpaired) electrons. The minimum Gasteiger partial charge on any atom is -0.495 e. The van der Waals surface area contributed by atoms with Gasteiger partial charge in [0, 0.05) is 25.7 Å². The van der Waals surface area contributed by atoms with E-state index in [4.69, 9.17) is 9.47 Å². The van der Waals surface area contributed by atoms with Crippen LogP contribution in [0, 0.1) is 0 Å². The second-order valence-electron chi connectivity index (χ2n) is 4.65. The summed E-state index contributed by atoms with van der Waals surface area (Å²) < 4.78 is 10.6. The highest BCUT2D eigenvalue weighted by atomic mass is 16.5. The first-order chi connectivity index (χ1) is 10.1. The smallest absolute Gasteiger partial charge is 0.254 e. The van der Waals surface area contributed by atoms with Crippen LogP contribution in [0.15, 0.2) is 18.2 Å². The van der Waals surface area contributed by atoms with E-state index in [0.29, 0.717) is 30.3 Å². The van der Waals surface area contributed by atoms with E-state index in [0.717, 1.165) is 6.54 Å². The Morgan fingerprint density at radius 3 is 2.81 bits per heavy atom. The molecule has 1 unspecified atom stereocenters. The Labute approximate surface area is 123 Å². The number of ether oxygens (including phenoxy) is 2. The number of morpholine rings is 1. The van der Waals surface area contributed by atoms with Gasteiger partial charge in [0.25, 0.3) is 5.91 Å². The van der Waals surface area contributed by atoms with E-state index in [9.17, 15) is 9.59 Å². The number of hydrogen-bond donors (Lipinski definition) is 3. The molecule has 21 heavy (non-hydrogen) atoms. The Balaban J connectivity index is 2.12. The Morgan fingerprint density at radius 1 is 1.38 bits per heavy atom. The van der Waals surface area contributed by atoms with Crippen LogP contribution in [0.4, 0.5) is 11.4 Å². The van der Waals surface area contributed by atoms with Crippen molar-refractivity contribution in [2.45, 2.75) is 13.0 Å². The van der Waals surface area contributed by atoms with Crippen molar-refractivity contribution in [3.63, 3.8) is 0 Å². The quantitative estimate of drug-likeness (QED) is 0.756. The molecule has 114 valence electrons. The molecule has 0 aliphatic carbocycles. The van der Waals surface area contributed by atoms with Gasteiger partial charge in [-0.1, -0.05) is 0 Å². The van der Waals surface area contributed by atoms with Gasteiger partial charge in [0.05, 0.1) is 19.4 Å². The van der Waals surface area contributed by atoms with Crippen LogP contribution >= 0.6 is 0 Å². The van der Waals surface area contributed by atoms with Crippen molar-refractivity contribution in [3.05, 3.63) is 18.2 Å². The molecule has 0 aromatic heterocycles. The van der Waals surface area contributed by atoms with E-state index < -0.39 is 6.10 Å². The molecule has 0 saturated carbocycles. The van der Waals surface area contributed by atoms with Crippen LogP contribution in [0.3, 0.4) is 0 Å². The first kappa shape index (κ1) is 15.3. The molecule has 1 saturated heterocycles. The lowest BCUT2D eigenvalue weighted by atomic mass is 10.2. The van der Waals surface area contributed by atoms with Crippen LogP contribution in [0.25, 0.3) is 0 Å². The van der Waals surface area contributed by atoms with Crippen molar-refractivity contribution in [2.75, 3.05) is 37.4 Å². The van der Waals surface area contributed by atoms with Gasteiger partial charge in [0.2, 0.25) is 5.91 Å². The third-order valence-corrected chi connectivity index (χ3v) is 3.00. The molecule has 1 heterocycles. The maximum atomic E-state index is 12.2. The van der Waals surface area contributed by atoms with Gasteiger partial charge < -0.3 is 25.4 Å². The van der Waals surface area contributed by atoms with Crippen LogP contribution in [-0.2, 0) is 14.3 Å². The largest absolute Gasteiger partial charge is 0.495 e. The van der Waals surface area contributed by atoms with E-state index >= 15 is 0 Å². The summed E-state index contributed by atoms with van der Waals surface area (Å²) in [6.07, 6.45) is -0.534. The number of nitrogens with one attached hydrogen (secondary N) is 3. The highest BCUT2D eigenvalue weighted by Crippen LogP contribution is 2.28. The molecule has 1 aliphatic heterocycles. The van der Waals surface area contributed by atoms with Gasteiger partial charge in [-0.05, 0) is 18.2 Å². The second kappa shape index (κ2) is 7.05. The van der Waals surface area contributed by atoms with Crippen LogP contribution in [0.1, 0.15) is 6.92 Å². The number of rotatable bonds is 4. The van der Waals surface area contributed by atoms with Gasteiger partial charge in [-0.15, -0.1) is 0 Å². The number of carbonyl (C=O) groups excluding carboxylic acids is 2. The number of anilines is 2. The molecule has 7 nitrogen and oxygen atoms in total. The molecule has 2 rings (SSSR count). The summed E-state index contributed by atoms with van der Waals surface area (Å²) in [5.41, 5.74) is 1.07. The van der Waals surface area contributed by atoms with E-state index in [2.05, 4.69) is 16.0 Å². The SMILES string of the molecule is COc1ccc(NC(C)=O)cc1NC(=O)C1CNCCO1. The monoisotopic (exact) mass is 293 g/mol. The summed E-state index contributed by atoms with van der Waals surface area (Å²) in [5, 5.41) is 8.52. The number of carbonyl (C=O) groups is 2. The van der Waals surface area contributed by atoms with Crippen molar-refractivity contribution < 1.29 is 19.1 Å². The van der Waals surface area contributed by atoms with Gasteiger partial charge in [-0.3, -0.25) is 9.59 Å². The lowest BCUT2D eigenvalue weighted by Gasteiger charge is -2.23. The van der Waals surface area contributed by atoms with E-state index in [1.165, 1.54) is 14.0 Å². The molecule has 0 bridgehead atoms. The first-order valence-corrected chi connectivity index (χ1v) is 6.69. The van der Waals surface area contributed by atoms with Crippen molar-refractivity contribution >= 4 is 23.2 Å². The summed E-state index contributed by atoms with van der Waals surface area (Å²) in [6.45, 7) is 3.13. The molecule has 1 aromatic rings. The lowest BCUT2D eigenvalue weighted by Crippen LogP contribution is -2.45. The van der Waals surface area contributed by atoms with E-state index in [-0.39, 0.29) is 11.8 Å². The number of amides is 2. The molecule has 2 amide bonds. The summed E-state index contributed by atoms with van der Waals surface area (Å²) in [7, 11) is 1.52. The molecule has 7 heteroatoms. The van der Waals surface area contributed by atoms with Crippen molar-refractivity contribution in [1.29, 1.82) is 0 Å². The van der Waals surface area contributed by atoms with Crippen LogP contribution in [0.2, 0.25) is 0 Å². The predicted molar refractivity (Wildman–Crippen MR) is 78.5 cm³/mol. The standard InChI is InChI=1S/C14H19N3O4/c1-9(18)16-10-3-4-12(20-2)11(7-10)17-14(19)13-8-15-5-6-21-13/h3-4,7,13,15H,5-6,8H2,1-2H3,(H,16,18)(H,17,19). The molecular formula is C14H19N3O4. The molecular weight excluding hydrogens is 274 g/mol. The zero-order valence-electron chi connectivity index (χ0n) is 12.1. The normalized spacial score (nSPS) is 17.9. The Morgan fingerprint density at radius 2 is 2.19 bits per heavy atom. The second-order valence-corrected chi connectivity index (χ2v) is 4.65. The fourth-order valence-corrected chi connectivity index (χ4v) is 2.03. The molecule has 1 atom stereocenters. The predicted octanol–water partition coefficient (Wildman–Crippen LogP) is 0.580. The fourth-order valence-electron chi connectivity index (χ4n) is 2.03. The molecule has 3 N–H and O–H groups in total. The summed E-state index contributed by atoms with van der Waals surface area (Å²) in [5.74, 6) is 0.0824. The van der Waals surface area contributed by atoms with Crippen LogP contribution < -0.4 is 20.7 Å². The van der Waals surface area contributed by atoms with E-state index in [1.54, 1.807) is 18.2 Å². The highest BCUT2D eigenvalue weighted by molar-refractivity contribution is 5.97. The zero-order chi connectivity index (χ0) is 15.2. The van der Waals surface area contributed by atoms with Gasteiger partial charge in [-0.2, -0.15) is 0 Å². The van der Waals surface area contributed by atoms with Crippen molar-refractivity contribution in [1.82, 2.24) is 5.32 Å². The Kier molecular flexibility index (Phi) is 5.13. The fraction of sp³-hybridized carbons (Fsp3) is 0.429. The van der Waals surface area contributed by atoms with Crippen LogP contribution in [-0.4, -0.2) is 44.7 Å². The first-order valence-electron chi connectivity index (χ1n) is 6.69. The van der Waals surface area contributed by atoms with Gasteiger partial charge in [-0.25, -0.2) is 0 Å². The Hall–Kier alpha value is -2.12. The maximum absolute atomic E-state index is 12.2. The molecule has 1 aliphatic rings. The molecule has 1 fully saturated rings. The number of methoxy groups -OCH3 is 1. The Bertz CT molecular complexity index is 527. The third-order valence-electron chi connectivity index (χ3n) is 3.00. The van der Waals surface area contributed by atoms with Gasteiger partial charge in [0.1, 0.15) is 11.9 Å². The average Bonchev–Trinajstić information content (AvgIpc) is 2.48. The summed E-state index contributed by atoms with van der Waals surface area (Å²) in [6, 6.07) is 5.03. The topological polar surface area (TPSA) is 88.7 Å². The summed E-state index contributed by atoms with van der Waals surface area (Å²) >= 11 is 0. The molecule has 0 spiro atoms. The van der Waals surface area contributed by atoms with Crippen LogP contribution in [0.5, 0.6) is 5.75 Å². The average molecular weight is 293 g/mol. The van der Waals surface area contributed by atoms with Gasteiger partial charge >= 0.3 is 0 Å². The minimum absolute atomic E-state index is 0.183. The number of benzene rings is 1. The van der Waals surface area contributed by atoms with Crippen molar-refractivity contribution in [2.24, 2.45) is 0 Å². The van der Waals surface area contributed by atoms with E-state index in [1.807, 2.05) is 0 Å². The zero-order valence-corrected chi connectivity index (χ0v) is 12.1. The number of hydrogen-bond acceptors (Lipinski definition) is 5. The molecule has 1 aromatic carbocycles. The summed E-state index contributed by atoms with van der Waals surface area (Å²) in [4.78, 5) is 23.2.